The number of aromatic amines is 1. The van der Waals surface area contributed by atoms with Gasteiger partial charge in [0.1, 0.15) is 11.8 Å². The Bertz CT molecular complexity index is 1570. The Morgan fingerprint density at radius 3 is 2.27 bits per heavy atom. The van der Waals surface area contributed by atoms with Gasteiger partial charge in [-0.3, -0.25) is 14.5 Å². The Balaban J connectivity index is 1.58. The number of carbonyl (C=O) groups is 2. The van der Waals surface area contributed by atoms with E-state index in [9.17, 15) is 9.59 Å². The minimum absolute atomic E-state index is 0.0410. The molecule has 1 saturated carbocycles. The van der Waals surface area contributed by atoms with Gasteiger partial charge in [0.2, 0.25) is 17.6 Å². The number of aromatic nitrogens is 1. The number of nitrogens with one attached hydrogen (secondary N) is 2. The third-order valence-electron chi connectivity index (χ3n) is 8.44. The van der Waals surface area contributed by atoms with E-state index in [1.807, 2.05) is 61.7 Å². The molecular weight excluding hydrogens is 570 g/mol. The summed E-state index contributed by atoms with van der Waals surface area (Å²) in [7, 11) is 4.61. The highest BCUT2D eigenvalue weighted by molar-refractivity contribution is 6.02. The largest absolute Gasteiger partial charge is 0.494 e. The molecule has 1 aliphatic carbocycles. The van der Waals surface area contributed by atoms with Crippen LogP contribution in [-0.4, -0.2) is 50.8 Å². The maximum Gasteiger partial charge on any atom is 0.248 e. The highest BCUT2D eigenvalue weighted by Crippen LogP contribution is 2.42. The van der Waals surface area contributed by atoms with E-state index in [-0.39, 0.29) is 24.3 Å². The van der Waals surface area contributed by atoms with Crippen LogP contribution in [0.4, 0.5) is 5.69 Å². The van der Waals surface area contributed by atoms with Crippen molar-refractivity contribution in [1.82, 2.24) is 10.3 Å². The molecule has 9 nitrogen and oxygen atoms in total. The highest BCUT2D eigenvalue weighted by Gasteiger charge is 2.35. The van der Waals surface area contributed by atoms with Crippen molar-refractivity contribution in [2.75, 3.05) is 32.8 Å². The van der Waals surface area contributed by atoms with Crippen molar-refractivity contribution in [3.63, 3.8) is 0 Å². The second-order valence-corrected chi connectivity index (χ2v) is 11.3. The number of benzene rings is 3. The molecule has 1 fully saturated rings. The van der Waals surface area contributed by atoms with Crippen LogP contribution in [0.3, 0.4) is 0 Å². The van der Waals surface area contributed by atoms with Crippen LogP contribution in [-0.2, 0) is 16.0 Å². The standard InChI is InChI=1S/C36H43N3O6/c1-5-45-28-18-16-27(17-19-28)39(33(40)20-15-24-23-37-30-14-10-9-13-29(24)30)34(36(41)38-26-11-7-6-8-12-26)25-21-31(42-2)35(44-4)32(22-25)43-3/h9-10,13-14,16-19,21-23,26,34,37H,5-8,11-12,15,20H2,1-4H3,(H,38,41)/t34-/m0/s1. The van der Waals surface area contributed by atoms with E-state index in [1.165, 1.54) is 21.3 Å². The molecule has 0 unspecified atom stereocenters. The van der Waals surface area contributed by atoms with Crippen LogP contribution in [0.25, 0.3) is 10.9 Å². The maximum atomic E-state index is 14.4. The first-order valence-electron chi connectivity index (χ1n) is 15.7. The van der Waals surface area contributed by atoms with E-state index in [2.05, 4.69) is 10.3 Å². The molecule has 1 aliphatic rings. The van der Waals surface area contributed by atoms with E-state index in [0.717, 1.165) is 48.6 Å². The second kappa shape index (κ2) is 14.9. The molecule has 3 aromatic carbocycles. The minimum atomic E-state index is -1.01. The van der Waals surface area contributed by atoms with Crippen LogP contribution in [0.5, 0.6) is 23.0 Å². The lowest BCUT2D eigenvalue weighted by atomic mass is 9.94. The molecule has 5 rings (SSSR count). The van der Waals surface area contributed by atoms with Gasteiger partial charge in [-0.1, -0.05) is 37.5 Å². The Kier molecular flexibility index (Phi) is 10.5. The fraction of sp³-hybridized carbons (Fsp3) is 0.389. The monoisotopic (exact) mass is 613 g/mol. The third kappa shape index (κ3) is 7.19. The zero-order valence-corrected chi connectivity index (χ0v) is 26.6. The van der Waals surface area contributed by atoms with Gasteiger partial charge in [-0.05, 0) is 79.8 Å². The second-order valence-electron chi connectivity index (χ2n) is 11.3. The Labute approximate surface area is 264 Å². The molecule has 0 spiro atoms. The van der Waals surface area contributed by atoms with E-state index >= 15 is 0 Å². The predicted octanol–water partition coefficient (Wildman–Crippen LogP) is 6.75. The number of para-hydroxylation sites is 1. The van der Waals surface area contributed by atoms with Crippen molar-refractivity contribution < 1.29 is 28.5 Å². The van der Waals surface area contributed by atoms with Gasteiger partial charge in [0, 0.05) is 35.2 Å². The van der Waals surface area contributed by atoms with Gasteiger partial charge in [-0.15, -0.1) is 0 Å². The molecule has 0 radical (unpaired) electrons. The van der Waals surface area contributed by atoms with Crippen molar-refractivity contribution in [1.29, 1.82) is 0 Å². The first-order chi connectivity index (χ1) is 22.0. The molecule has 0 bridgehead atoms. The third-order valence-corrected chi connectivity index (χ3v) is 8.44. The summed E-state index contributed by atoms with van der Waals surface area (Å²) < 4.78 is 22.6. The minimum Gasteiger partial charge on any atom is -0.494 e. The summed E-state index contributed by atoms with van der Waals surface area (Å²) in [6, 6.07) is 17.9. The lowest BCUT2D eigenvalue weighted by molar-refractivity contribution is -0.127. The first kappa shape index (κ1) is 31.8. The van der Waals surface area contributed by atoms with Gasteiger partial charge in [-0.2, -0.15) is 0 Å². The molecule has 2 amide bonds. The van der Waals surface area contributed by atoms with Crippen LogP contribution in [0.15, 0.2) is 66.9 Å². The van der Waals surface area contributed by atoms with E-state index < -0.39 is 6.04 Å². The number of amides is 2. The number of hydrogen-bond acceptors (Lipinski definition) is 6. The number of fused-ring (bicyclic) bond motifs is 1. The summed E-state index contributed by atoms with van der Waals surface area (Å²) in [5.41, 5.74) is 3.19. The van der Waals surface area contributed by atoms with Crippen molar-refractivity contribution in [2.45, 2.75) is 64.0 Å². The molecule has 9 heteroatoms. The van der Waals surface area contributed by atoms with Gasteiger partial charge in [0.25, 0.3) is 0 Å². The normalized spacial score (nSPS) is 14.0. The molecule has 1 atom stereocenters. The van der Waals surface area contributed by atoms with Gasteiger partial charge in [0.15, 0.2) is 11.5 Å². The lowest BCUT2D eigenvalue weighted by Gasteiger charge is -2.34. The first-order valence-corrected chi connectivity index (χ1v) is 15.7. The molecule has 238 valence electrons. The summed E-state index contributed by atoms with van der Waals surface area (Å²) in [4.78, 5) is 33.8. The summed E-state index contributed by atoms with van der Waals surface area (Å²) in [5, 5.41) is 4.35. The average molecular weight is 614 g/mol. The highest BCUT2D eigenvalue weighted by atomic mass is 16.5. The van der Waals surface area contributed by atoms with Crippen molar-refractivity contribution in [3.05, 3.63) is 78.0 Å². The molecule has 1 aromatic heterocycles. The number of carbonyl (C=O) groups excluding carboxylic acids is 2. The topological polar surface area (TPSA) is 102 Å². The number of anilines is 1. The average Bonchev–Trinajstić information content (AvgIpc) is 3.49. The Morgan fingerprint density at radius 2 is 1.62 bits per heavy atom. The number of nitrogens with zero attached hydrogens (tertiary/aromatic N) is 1. The van der Waals surface area contributed by atoms with E-state index in [0.29, 0.717) is 47.3 Å². The molecule has 2 N–H and O–H groups in total. The number of H-pyrrole nitrogens is 1. The number of methoxy groups -OCH3 is 3. The zero-order valence-electron chi connectivity index (χ0n) is 26.6. The van der Waals surface area contributed by atoms with E-state index in [4.69, 9.17) is 18.9 Å². The molecule has 4 aromatic rings. The summed E-state index contributed by atoms with van der Waals surface area (Å²) >= 11 is 0. The van der Waals surface area contributed by atoms with Gasteiger partial charge in [-0.25, -0.2) is 0 Å². The van der Waals surface area contributed by atoms with Gasteiger partial charge in [0.05, 0.1) is 27.9 Å². The van der Waals surface area contributed by atoms with Crippen LogP contribution >= 0.6 is 0 Å². The SMILES string of the molecule is CCOc1ccc(N(C(=O)CCc2c[nH]c3ccccc23)[C@H](C(=O)NC2CCCCC2)c2cc(OC)c(OC)c(OC)c2)cc1. The number of hydrogen-bond donors (Lipinski definition) is 2. The maximum absolute atomic E-state index is 14.4. The molecular formula is C36H43N3O6. The van der Waals surface area contributed by atoms with E-state index in [1.54, 1.807) is 17.0 Å². The lowest BCUT2D eigenvalue weighted by Crippen LogP contribution is -2.47. The summed E-state index contributed by atoms with van der Waals surface area (Å²) in [5.74, 6) is 1.45. The quantitative estimate of drug-likeness (QED) is 0.173. The molecule has 0 saturated heterocycles. The fourth-order valence-corrected chi connectivity index (χ4v) is 6.21. The van der Waals surface area contributed by atoms with Crippen molar-refractivity contribution >= 4 is 28.4 Å². The Morgan fingerprint density at radius 1 is 0.933 bits per heavy atom. The van der Waals surface area contributed by atoms with Crippen LogP contribution < -0.4 is 29.2 Å². The van der Waals surface area contributed by atoms with Crippen molar-refractivity contribution in [2.24, 2.45) is 0 Å². The molecule has 1 heterocycles. The van der Waals surface area contributed by atoms with Crippen LogP contribution in [0.1, 0.15) is 62.6 Å². The van der Waals surface area contributed by atoms with Gasteiger partial charge >= 0.3 is 0 Å². The van der Waals surface area contributed by atoms with Crippen molar-refractivity contribution in [3.8, 4) is 23.0 Å². The van der Waals surface area contributed by atoms with Crippen LogP contribution in [0.2, 0.25) is 0 Å². The zero-order chi connectivity index (χ0) is 31.8. The van der Waals surface area contributed by atoms with Crippen LogP contribution in [0, 0.1) is 0 Å². The fourth-order valence-electron chi connectivity index (χ4n) is 6.21. The smallest absolute Gasteiger partial charge is 0.248 e. The molecule has 0 aliphatic heterocycles. The Hall–Kier alpha value is -4.66. The number of ether oxygens (including phenoxy) is 4. The summed E-state index contributed by atoms with van der Waals surface area (Å²) in [6.07, 6.45) is 7.74. The number of rotatable bonds is 13. The summed E-state index contributed by atoms with van der Waals surface area (Å²) in [6.45, 7) is 2.44. The molecule has 45 heavy (non-hydrogen) atoms. The number of aryl methyl sites for hydroxylation is 1. The van der Waals surface area contributed by atoms with Gasteiger partial charge < -0.3 is 29.2 Å². The predicted molar refractivity (Wildman–Crippen MR) is 176 cm³/mol.